The average molecular weight is 480 g/mol. The van der Waals surface area contributed by atoms with Crippen molar-refractivity contribution in [3.05, 3.63) is 36.0 Å². The van der Waals surface area contributed by atoms with Crippen molar-refractivity contribution in [2.75, 3.05) is 5.75 Å². The van der Waals surface area contributed by atoms with Crippen LogP contribution in [0.4, 0.5) is 0 Å². The van der Waals surface area contributed by atoms with Crippen molar-refractivity contribution in [1.29, 1.82) is 0 Å². The molecule has 12 heteroatoms. The van der Waals surface area contributed by atoms with Gasteiger partial charge in [-0.15, -0.1) is 0 Å². The topological polar surface area (TPSA) is 187 Å². The molecule has 2 rings (SSSR count). The molecule has 5 unspecified atom stereocenters. The standard InChI is InChI=1S/C21H29N5O6S/c1-10(18(28)26-17(11(2)27)20(30)25-16(9-33)21(31)32)24-19(29)14(22)7-12-8-23-15-6-4-3-5-13(12)15/h3-6,8,10-11,14,16-17,23,27,33H,7,9,22H2,1-2H3,(H,24,29)(H,25,30)(H,26,28)(H,31,32). The number of aromatic nitrogens is 1. The zero-order chi connectivity index (χ0) is 24.7. The third-order valence-electron chi connectivity index (χ3n) is 5.06. The van der Waals surface area contributed by atoms with Gasteiger partial charge < -0.3 is 36.9 Å². The second-order valence-corrected chi connectivity index (χ2v) is 8.07. The Bertz CT molecular complexity index is 1010. The monoisotopic (exact) mass is 479 g/mol. The van der Waals surface area contributed by atoms with Gasteiger partial charge in [0.2, 0.25) is 17.7 Å². The van der Waals surface area contributed by atoms with E-state index in [4.69, 9.17) is 10.8 Å². The van der Waals surface area contributed by atoms with Gasteiger partial charge in [-0.25, -0.2) is 4.79 Å². The van der Waals surface area contributed by atoms with E-state index in [0.29, 0.717) is 0 Å². The van der Waals surface area contributed by atoms with E-state index in [1.807, 2.05) is 24.3 Å². The lowest BCUT2D eigenvalue weighted by molar-refractivity contribution is -0.142. The molecule has 11 nitrogen and oxygen atoms in total. The summed E-state index contributed by atoms with van der Waals surface area (Å²) in [5.41, 5.74) is 7.79. The second kappa shape index (κ2) is 11.7. The van der Waals surface area contributed by atoms with Gasteiger partial charge in [0.05, 0.1) is 12.1 Å². The van der Waals surface area contributed by atoms with Crippen molar-refractivity contribution in [2.24, 2.45) is 5.73 Å². The van der Waals surface area contributed by atoms with E-state index in [1.54, 1.807) is 6.20 Å². The van der Waals surface area contributed by atoms with E-state index in [2.05, 4.69) is 33.6 Å². The summed E-state index contributed by atoms with van der Waals surface area (Å²) in [5.74, 6) is -3.70. The van der Waals surface area contributed by atoms with Crippen molar-refractivity contribution in [3.8, 4) is 0 Å². The van der Waals surface area contributed by atoms with Crippen molar-refractivity contribution >= 4 is 47.2 Å². The zero-order valence-corrected chi connectivity index (χ0v) is 19.1. The van der Waals surface area contributed by atoms with Crippen LogP contribution in [0.25, 0.3) is 10.9 Å². The number of carbonyl (C=O) groups is 4. The summed E-state index contributed by atoms with van der Waals surface area (Å²) < 4.78 is 0. The molecule has 180 valence electrons. The maximum absolute atomic E-state index is 12.5. The first kappa shape index (κ1) is 26.2. The maximum Gasteiger partial charge on any atom is 0.327 e. The van der Waals surface area contributed by atoms with Gasteiger partial charge in [0, 0.05) is 22.9 Å². The number of benzene rings is 1. The number of aromatic amines is 1. The summed E-state index contributed by atoms with van der Waals surface area (Å²) in [5, 5.41) is 26.9. The Kier molecular flexibility index (Phi) is 9.26. The van der Waals surface area contributed by atoms with Crippen LogP contribution in [0, 0.1) is 0 Å². The van der Waals surface area contributed by atoms with Crippen LogP contribution in [-0.2, 0) is 25.6 Å². The number of aliphatic hydroxyl groups is 1. The Hall–Kier alpha value is -3.09. The fourth-order valence-electron chi connectivity index (χ4n) is 3.15. The molecule has 0 aliphatic heterocycles. The van der Waals surface area contributed by atoms with E-state index in [1.165, 1.54) is 13.8 Å². The maximum atomic E-state index is 12.5. The van der Waals surface area contributed by atoms with Crippen LogP contribution >= 0.6 is 12.6 Å². The molecular formula is C21H29N5O6S. The van der Waals surface area contributed by atoms with Crippen LogP contribution in [0.15, 0.2) is 30.5 Å². The number of nitrogens with two attached hydrogens (primary N) is 1. The molecule has 33 heavy (non-hydrogen) atoms. The lowest BCUT2D eigenvalue weighted by Crippen LogP contribution is -2.59. The number of carboxylic acid groups (broad SMARTS) is 1. The number of carbonyl (C=O) groups excluding carboxylic acids is 3. The highest BCUT2D eigenvalue weighted by atomic mass is 32.1. The minimum Gasteiger partial charge on any atom is -0.480 e. The number of thiol groups is 1. The van der Waals surface area contributed by atoms with E-state index < -0.39 is 54.0 Å². The van der Waals surface area contributed by atoms with Crippen LogP contribution < -0.4 is 21.7 Å². The lowest BCUT2D eigenvalue weighted by Gasteiger charge is -2.25. The molecule has 1 heterocycles. The van der Waals surface area contributed by atoms with Crippen molar-refractivity contribution in [2.45, 2.75) is 50.5 Å². The number of H-pyrrole nitrogens is 1. The summed E-state index contributed by atoms with van der Waals surface area (Å²) in [6.07, 6.45) is 0.688. The normalized spacial score (nSPS) is 15.7. The molecule has 8 N–H and O–H groups in total. The van der Waals surface area contributed by atoms with Gasteiger partial charge in [0.1, 0.15) is 18.1 Å². The average Bonchev–Trinajstić information content (AvgIpc) is 3.17. The molecule has 0 saturated heterocycles. The second-order valence-electron chi connectivity index (χ2n) is 7.71. The summed E-state index contributed by atoms with van der Waals surface area (Å²) in [6.45, 7) is 2.66. The van der Waals surface area contributed by atoms with Gasteiger partial charge in [-0.05, 0) is 31.9 Å². The lowest BCUT2D eigenvalue weighted by atomic mass is 10.0. The third kappa shape index (κ3) is 6.94. The SMILES string of the molecule is CC(NC(=O)C(N)Cc1c[nH]c2ccccc12)C(=O)NC(C(=O)NC(CS)C(=O)O)C(C)O. The molecule has 2 aromatic rings. The molecule has 0 fully saturated rings. The summed E-state index contributed by atoms with van der Waals surface area (Å²) in [4.78, 5) is 51.5. The van der Waals surface area contributed by atoms with E-state index >= 15 is 0 Å². The Balaban J connectivity index is 1.96. The van der Waals surface area contributed by atoms with Crippen LogP contribution in [0.2, 0.25) is 0 Å². The Morgan fingerprint density at radius 3 is 2.33 bits per heavy atom. The van der Waals surface area contributed by atoms with Crippen LogP contribution in [0.5, 0.6) is 0 Å². The molecule has 0 bridgehead atoms. The van der Waals surface area contributed by atoms with Crippen LogP contribution in [-0.4, -0.2) is 74.9 Å². The van der Waals surface area contributed by atoms with Crippen LogP contribution in [0.1, 0.15) is 19.4 Å². The van der Waals surface area contributed by atoms with Gasteiger partial charge >= 0.3 is 5.97 Å². The molecule has 0 aliphatic carbocycles. The van der Waals surface area contributed by atoms with E-state index in [9.17, 15) is 24.3 Å². The first-order valence-corrected chi connectivity index (χ1v) is 10.9. The van der Waals surface area contributed by atoms with Crippen molar-refractivity contribution in [3.63, 3.8) is 0 Å². The predicted octanol–water partition coefficient (Wildman–Crippen LogP) is -1.09. The highest BCUT2D eigenvalue weighted by molar-refractivity contribution is 7.80. The van der Waals surface area contributed by atoms with Gasteiger partial charge in [0.15, 0.2) is 0 Å². The minimum atomic E-state index is -1.43. The molecule has 0 spiro atoms. The molecule has 1 aromatic carbocycles. The molecule has 5 atom stereocenters. The largest absolute Gasteiger partial charge is 0.480 e. The fourth-order valence-corrected chi connectivity index (χ4v) is 3.39. The van der Waals surface area contributed by atoms with E-state index in [0.717, 1.165) is 16.5 Å². The number of aliphatic carboxylic acids is 1. The summed E-state index contributed by atoms with van der Waals surface area (Å²) >= 11 is 3.85. The number of nitrogens with one attached hydrogen (secondary N) is 4. The number of para-hydroxylation sites is 1. The smallest absolute Gasteiger partial charge is 0.327 e. The predicted molar refractivity (Wildman–Crippen MR) is 125 cm³/mol. The number of hydrogen-bond donors (Lipinski definition) is 8. The Morgan fingerprint density at radius 1 is 1.06 bits per heavy atom. The number of fused-ring (bicyclic) bond motifs is 1. The first-order valence-electron chi connectivity index (χ1n) is 10.3. The number of hydrogen-bond acceptors (Lipinski definition) is 7. The quantitative estimate of drug-likeness (QED) is 0.188. The zero-order valence-electron chi connectivity index (χ0n) is 18.2. The van der Waals surface area contributed by atoms with Crippen LogP contribution in [0.3, 0.4) is 0 Å². The van der Waals surface area contributed by atoms with Crippen molar-refractivity contribution in [1.82, 2.24) is 20.9 Å². The minimum absolute atomic E-state index is 0.178. The van der Waals surface area contributed by atoms with Gasteiger partial charge in [-0.2, -0.15) is 12.6 Å². The number of rotatable bonds is 11. The molecule has 1 aromatic heterocycles. The highest BCUT2D eigenvalue weighted by Gasteiger charge is 2.31. The molecular weight excluding hydrogens is 450 g/mol. The Labute approximate surface area is 195 Å². The first-order chi connectivity index (χ1) is 15.5. The molecule has 3 amide bonds. The number of aliphatic hydroxyl groups excluding tert-OH is 1. The highest BCUT2D eigenvalue weighted by Crippen LogP contribution is 2.18. The molecule has 0 radical (unpaired) electrons. The van der Waals surface area contributed by atoms with Crippen molar-refractivity contribution < 1.29 is 29.4 Å². The van der Waals surface area contributed by atoms with Gasteiger partial charge in [0.25, 0.3) is 0 Å². The Morgan fingerprint density at radius 2 is 1.73 bits per heavy atom. The fraction of sp³-hybridized carbons (Fsp3) is 0.429. The summed E-state index contributed by atoms with van der Waals surface area (Å²) in [7, 11) is 0. The summed E-state index contributed by atoms with van der Waals surface area (Å²) in [6, 6.07) is 2.85. The van der Waals surface area contributed by atoms with Gasteiger partial charge in [-0.1, -0.05) is 18.2 Å². The molecule has 0 aliphatic rings. The van der Waals surface area contributed by atoms with E-state index in [-0.39, 0.29) is 12.2 Å². The third-order valence-corrected chi connectivity index (χ3v) is 5.43. The van der Waals surface area contributed by atoms with Gasteiger partial charge in [-0.3, -0.25) is 14.4 Å². The number of amides is 3. The number of carboxylic acids is 1. The molecule has 0 saturated carbocycles.